The van der Waals surface area contributed by atoms with Crippen molar-refractivity contribution in [3.05, 3.63) is 18.1 Å². The molecule has 1 N–H and O–H groups in total. The maximum absolute atomic E-state index is 12.8. The molecule has 10 heteroatoms. The van der Waals surface area contributed by atoms with Crippen LogP contribution in [-0.2, 0) is 19.6 Å². The molecule has 3 aliphatic heterocycles. The number of carbonyl (C=O) groups excluding carboxylic acids is 1. The third-order valence-corrected chi connectivity index (χ3v) is 6.61. The van der Waals surface area contributed by atoms with E-state index in [1.165, 1.54) is 6.33 Å². The molecular weight excluding hydrogens is 384 g/mol. The summed E-state index contributed by atoms with van der Waals surface area (Å²) in [6, 6.07) is -0.691. The summed E-state index contributed by atoms with van der Waals surface area (Å²) in [6.45, 7) is 0.649. The SMILES string of the molecule is CS(=O)(=O)NC1CCN2C(=O)COc3ncncc3C3CCC(CC3)OC[C@@H]12. The highest BCUT2D eigenvalue weighted by atomic mass is 32.2. The Kier molecular flexibility index (Phi) is 5.52. The molecule has 28 heavy (non-hydrogen) atoms. The fourth-order valence-corrected chi connectivity index (χ4v) is 5.32. The lowest BCUT2D eigenvalue weighted by Crippen LogP contribution is -2.50. The summed E-state index contributed by atoms with van der Waals surface area (Å²) in [5.74, 6) is 0.572. The molecule has 9 nitrogen and oxygen atoms in total. The highest BCUT2D eigenvalue weighted by Crippen LogP contribution is 2.37. The molecule has 1 amide bonds. The molecule has 1 saturated carbocycles. The molecule has 2 fully saturated rings. The van der Waals surface area contributed by atoms with E-state index < -0.39 is 10.0 Å². The lowest BCUT2D eigenvalue weighted by molar-refractivity contribution is -0.136. The maximum Gasteiger partial charge on any atom is 0.260 e. The first-order valence-corrected chi connectivity index (χ1v) is 11.6. The van der Waals surface area contributed by atoms with Crippen LogP contribution in [0.4, 0.5) is 0 Å². The van der Waals surface area contributed by atoms with Crippen LogP contribution in [0, 0.1) is 0 Å². The number of amides is 1. The number of fused-ring (bicyclic) bond motifs is 5. The summed E-state index contributed by atoms with van der Waals surface area (Å²) in [6.07, 6.45) is 8.72. The van der Waals surface area contributed by atoms with Gasteiger partial charge in [-0.25, -0.2) is 23.1 Å². The van der Waals surface area contributed by atoms with Crippen LogP contribution in [0.1, 0.15) is 43.6 Å². The highest BCUT2D eigenvalue weighted by Gasteiger charge is 2.40. The van der Waals surface area contributed by atoms with E-state index in [0.29, 0.717) is 31.4 Å². The van der Waals surface area contributed by atoms with Gasteiger partial charge in [-0.3, -0.25) is 4.79 Å². The normalized spacial score (nSPS) is 31.2. The van der Waals surface area contributed by atoms with E-state index in [4.69, 9.17) is 9.47 Å². The molecular formula is C18H26N4O5S. The van der Waals surface area contributed by atoms with Gasteiger partial charge in [-0.2, -0.15) is 0 Å². The van der Waals surface area contributed by atoms with Crippen LogP contribution < -0.4 is 9.46 Å². The van der Waals surface area contributed by atoms with Crippen molar-refractivity contribution in [3.63, 3.8) is 0 Å². The second kappa shape index (κ2) is 7.92. The van der Waals surface area contributed by atoms with Crippen molar-refractivity contribution in [1.82, 2.24) is 19.6 Å². The number of carbonyl (C=O) groups is 1. The molecule has 5 rings (SSSR count). The first-order valence-electron chi connectivity index (χ1n) is 9.72. The lowest BCUT2D eigenvalue weighted by atomic mass is 9.83. The van der Waals surface area contributed by atoms with E-state index in [1.807, 2.05) is 0 Å². The standard InChI is InChI=1S/C18H26N4O5S/c1-28(24,25)21-15-6-7-22-16(15)9-26-13-4-2-12(3-5-13)14-8-19-11-20-18(14)27-10-17(22)23/h8,11-13,15-16,21H,2-7,9-10H2,1H3/t12?,13?,15?,16-/m0/s1. The Hall–Kier alpha value is -1.78. The van der Waals surface area contributed by atoms with Gasteiger partial charge in [-0.1, -0.05) is 0 Å². The molecule has 2 atom stereocenters. The van der Waals surface area contributed by atoms with Gasteiger partial charge in [0.1, 0.15) is 6.33 Å². The van der Waals surface area contributed by atoms with Crippen molar-refractivity contribution < 1.29 is 22.7 Å². The van der Waals surface area contributed by atoms with Gasteiger partial charge < -0.3 is 14.4 Å². The zero-order chi connectivity index (χ0) is 19.7. The smallest absolute Gasteiger partial charge is 0.260 e. The van der Waals surface area contributed by atoms with E-state index in [0.717, 1.165) is 37.5 Å². The molecule has 1 aromatic rings. The summed E-state index contributed by atoms with van der Waals surface area (Å²) in [7, 11) is -3.37. The summed E-state index contributed by atoms with van der Waals surface area (Å²) in [5, 5.41) is 0. The van der Waals surface area contributed by atoms with E-state index >= 15 is 0 Å². The average molecular weight is 410 g/mol. The van der Waals surface area contributed by atoms with Gasteiger partial charge >= 0.3 is 0 Å². The number of sulfonamides is 1. The minimum Gasteiger partial charge on any atom is -0.467 e. The minimum absolute atomic E-state index is 0.113. The molecule has 4 aliphatic rings. The lowest BCUT2D eigenvalue weighted by Gasteiger charge is -2.32. The van der Waals surface area contributed by atoms with E-state index in [-0.39, 0.29) is 30.7 Å². The van der Waals surface area contributed by atoms with Gasteiger partial charge in [0.2, 0.25) is 15.9 Å². The van der Waals surface area contributed by atoms with Crippen LogP contribution in [0.25, 0.3) is 0 Å². The Balaban J connectivity index is 1.59. The number of aromatic nitrogens is 2. The van der Waals surface area contributed by atoms with Crippen molar-refractivity contribution >= 4 is 15.9 Å². The van der Waals surface area contributed by atoms with Crippen LogP contribution in [0.2, 0.25) is 0 Å². The Bertz CT molecular complexity index is 825. The largest absolute Gasteiger partial charge is 0.467 e. The Morgan fingerprint density at radius 3 is 2.75 bits per heavy atom. The second-order valence-corrected chi connectivity index (χ2v) is 9.60. The van der Waals surface area contributed by atoms with Crippen LogP contribution in [0.15, 0.2) is 12.5 Å². The van der Waals surface area contributed by atoms with Crippen LogP contribution >= 0.6 is 0 Å². The van der Waals surface area contributed by atoms with Gasteiger partial charge in [0.15, 0.2) is 6.61 Å². The second-order valence-electron chi connectivity index (χ2n) is 7.82. The summed E-state index contributed by atoms with van der Waals surface area (Å²) >= 11 is 0. The van der Waals surface area contributed by atoms with E-state index in [1.54, 1.807) is 11.1 Å². The molecule has 1 saturated heterocycles. The van der Waals surface area contributed by atoms with Gasteiger partial charge in [-0.15, -0.1) is 0 Å². The molecule has 154 valence electrons. The third kappa shape index (κ3) is 4.28. The van der Waals surface area contributed by atoms with Crippen LogP contribution in [0.3, 0.4) is 0 Å². The van der Waals surface area contributed by atoms with Crippen molar-refractivity contribution in [2.24, 2.45) is 0 Å². The Morgan fingerprint density at radius 1 is 1.21 bits per heavy atom. The van der Waals surface area contributed by atoms with Crippen molar-refractivity contribution in [2.75, 3.05) is 26.0 Å². The molecule has 2 bridgehead atoms. The zero-order valence-electron chi connectivity index (χ0n) is 15.9. The van der Waals surface area contributed by atoms with Crippen LogP contribution in [0.5, 0.6) is 5.88 Å². The quantitative estimate of drug-likeness (QED) is 0.753. The number of hydrogen-bond donors (Lipinski definition) is 1. The topological polar surface area (TPSA) is 111 Å². The summed E-state index contributed by atoms with van der Waals surface area (Å²) in [5.41, 5.74) is 0.947. The minimum atomic E-state index is -3.37. The molecule has 1 aromatic heterocycles. The molecule has 0 aromatic carbocycles. The number of nitrogens with one attached hydrogen (secondary N) is 1. The zero-order valence-corrected chi connectivity index (χ0v) is 16.7. The highest BCUT2D eigenvalue weighted by molar-refractivity contribution is 7.88. The van der Waals surface area contributed by atoms with Crippen molar-refractivity contribution in [2.45, 2.75) is 56.2 Å². The van der Waals surface area contributed by atoms with Crippen molar-refractivity contribution in [3.8, 4) is 5.88 Å². The monoisotopic (exact) mass is 410 g/mol. The van der Waals surface area contributed by atoms with Gasteiger partial charge in [0.05, 0.1) is 25.0 Å². The first kappa shape index (κ1) is 19.5. The van der Waals surface area contributed by atoms with Crippen molar-refractivity contribution in [1.29, 1.82) is 0 Å². The molecule has 4 heterocycles. The predicted molar refractivity (Wildman–Crippen MR) is 100 cm³/mol. The molecule has 0 radical (unpaired) electrons. The van der Waals surface area contributed by atoms with Crippen LogP contribution in [-0.4, -0.2) is 73.4 Å². The van der Waals surface area contributed by atoms with Gasteiger partial charge in [0, 0.05) is 24.3 Å². The van der Waals surface area contributed by atoms with Gasteiger partial charge in [0.25, 0.3) is 5.91 Å². The van der Waals surface area contributed by atoms with E-state index in [2.05, 4.69) is 14.7 Å². The molecule has 1 aliphatic carbocycles. The first-order chi connectivity index (χ1) is 13.4. The Morgan fingerprint density at radius 2 is 2.00 bits per heavy atom. The fourth-order valence-electron chi connectivity index (χ4n) is 4.50. The summed E-state index contributed by atoms with van der Waals surface area (Å²) in [4.78, 5) is 22.9. The molecule has 0 spiro atoms. The maximum atomic E-state index is 12.8. The number of rotatable bonds is 2. The molecule has 1 unspecified atom stereocenters. The summed E-state index contributed by atoms with van der Waals surface area (Å²) < 4.78 is 38.1. The fraction of sp³-hybridized carbons (Fsp3) is 0.722. The predicted octanol–water partition coefficient (Wildman–Crippen LogP) is 0.431. The third-order valence-electron chi connectivity index (χ3n) is 5.88. The number of ether oxygens (including phenoxy) is 2. The number of nitrogens with zero attached hydrogens (tertiary/aromatic N) is 3. The average Bonchev–Trinajstić information content (AvgIpc) is 3.05. The van der Waals surface area contributed by atoms with E-state index in [9.17, 15) is 13.2 Å². The number of hydrogen-bond acceptors (Lipinski definition) is 7. The Labute approximate surface area is 164 Å². The van der Waals surface area contributed by atoms with Gasteiger partial charge in [-0.05, 0) is 38.0 Å².